The molecular formula is C16H24N4O. The zero-order chi connectivity index (χ0) is 15.1. The highest BCUT2D eigenvalue weighted by Gasteiger charge is 2.05. The van der Waals surface area contributed by atoms with Crippen molar-refractivity contribution >= 4 is 0 Å². The van der Waals surface area contributed by atoms with Gasteiger partial charge >= 0.3 is 0 Å². The van der Waals surface area contributed by atoms with Gasteiger partial charge in [-0.1, -0.05) is 13.8 Å². The zero-order valence-electron chi connectivity index (χ0n) is 13.0. The summed E-state index contributed by atoms with van der Waals surface area (Å²) < 4.78 is 7.70. The summed E-state index contributed by atoms with van der Waals surface area (Å²) in [5.74, 6) is 0.772. The van der Waals surface area contributed by atoms with Crippen molar-refractivity contribution in [3.05, 3.63) is 42.0 Å². The van der Waals surface area contributed by atoms with Crippen molar-refractivity contribution in [1.29, 1.82) is 0 Å². The standard InChI is InChI=1S/C16H24N4O/c1-4-13(3)20-9-8-15(19-20)12-21-16-7-6-14(18-11-16)10-17-5-2/h6-9,11,13,17H,4-5,10,12H2,1-3H3. The normalized spacial score (nSPS) is 12.3. The molecule has 0 saturated heterocycles. The van der Waals surface area contributed by atoms with Crippen molar-refractivity contribution in [2.45, 2.75) is 46.4 Å². The quantitative estimate of drug-likeness (QED) is 0.811. The minimum absolute atomic E-state index is 0.422. The van der Waals surface area contributed by atoms with Gasteiger partial charge in [-0.05, 0) is 38.1 Å². The van der Waals surface area contributed by atoms with Gasteiger partial charge in [-0.25, -0.2) is 0 Å². The van der Waals surface area contributed by atoms with E-state index in [1.807, 2.05) is 29.1 Å². The lowest BCUT2D eigenvalue weighted by Crippen LogP contribution is -2.12. The third-order valence-corrected chi connectivity index (χ3v) is 3.45. The predicted molar refractivity (Wildman–Crippen MR) is 83.2 cm³/mol. The van der Waals surface area contributed by atoms with E-state index < -0.39 is 0 Å². The highest BCUT2D eigenvalue weighted by Crippen LogP contribution is 2.13. The van der Waals surface area contributed by atoms with E-state index in [0.29, 0.717) is 12.6 Å². The van der Waals surface area contributed by atoms with Crippen LogP contribution in [0.15, 0.2) is 30.6 Å². The molecule has 0 fully saturated rings. The highest BCUT2D eigenvalue weighted by atomic mass is 16.5. The highest BCUT2D eigenvalue weighted by molar-refractivity contribution is 5.20. The largest absolute Gasteiger partial charge is 0.486 e. The number of hydrogen-bond acceptors (Lipinski definition) is 4. The molecule has 1 atom stereocenters. The van der Waals surface area contributed by atoms with Crippen molar-refractivity contribution in [2.75, 3.05) is 6.54 Å². The Morgan fingerprint density at radius 1 is 1.24 bits per heavy atom. The van der Waals surface area contributed by atoms with Crippen molar-refractivity contribution in [3.8, 4) is 5.75 Å². The van der Waals surface area contributed by atoms with Gasteiger partial charge in [-0.15, -0.1) is 0 Å². The molecule has 2 aromatic rings. The molecule has 0 bridgehead atoms. The Labute approximate surface area is 126 Å². The first-order chi connectivity index (χ1) is 10.2. The topological polar surface area (TPSA) is 52.0 Å². The maximum atomic E-state index is 5.72. The molecule has 0 aliphatic carbocycles. The van der Waals surface area contributed by atoms with Crippen molar-refractivity contribution in [2.24, 2.45) is 0 Å². The number of nitrogens with zero attached hydrogens (tertiary/aromatic N) is 3. The molecule has 5 nitrogen and oxygen atoms in total. The number of ether oxygens (including phenoxy) is 1. The van der Waals surface area contributed by atoms with Crippen LogP contribution < -0.4 is 10.1 Å². The molecule has 0 aliphatic heterocycles. The average Bonchev–Trinajstić information content (AvgIpc) is 3.00. The van der Waals surface area contributed by atoms with E-state index in [4.69, 9.17) is 4.74 Å². The molecule has 0 saturated carbocycles. The van der Waals surface area contributed by atoms with Crippen LogP contribution in [0.3, 0.4) is 0 Å². The van der Waals surface area contributed by atoms with Crippen LogP contribution in [0.2, 0.25) is 0 Å². The third kappa shape index (κ3) is 4.56. The van der Waals surface area contributed by atoms with Gasteiger partial charge in [0, 0.05) is 18.8 Å². The number of hydrogen-bond donors (Lipinski definition) is 1. The first-order valence-corrected chi connectivity index (χ1v) is 7.55. The molecular weight excluding hydrogens is 264 g/mol. The van der Waals surface area contributed by atoms with E-state index in [0.717, 1.165) is 36.6 Å². The van der Waals surface area contributed by atoms with Gasteiger partial charge < -0.3 is 10.1 Å². The van der Waals surface area contributed by atoms with E-state index in [1.54, 1.807) is 6.20 Å². The van der Waals surface area contributed by atoms with Crippen LogP contribution in [-0.4, -0.2) is 21.3 Å². The zero-order valence-corrected chi connectivity index (χ0v) is 13.0. The molecule has 1 N–H and O–H groups in total. The van der Waals surface area contributed by atoms with Crippen LogP contribution in [-0.2, 0) is 13.2 Å². The minimum atomic E-state index is 0.422. The Morgan fingerprint density at radius 3 is 2.76 bits per heavy atom. The molecule has 0 radical (unpaired) electrons. The summed E-state index contributed by atoms with van der Waals surface area (Å²) in [6.45, 7) is 8.59. The first kappa shape index (κ1) is 15.5. The molecule has 114 valence electrons. The van der Waals surface area contributed by atoms with Crippen LogP contribution in [0.1, 0.15) is 44.6 Å². The Bertz CT molecular complexity index is 535. The lowest BCUT2D eigenvalue weighted by atomic mass is 10.3. The van der Waals surface area contributed by atoms with Crippen molar-refractivity contribution in [3.63, 3.8) is 0 Å². The maximum absolute atomic E-state index is 5.72. The van der Waals surface area contributed by atoms with Crippen LogP contribution in [0.25, 0.3) is 0 Å². The van der Waals surface area contributed by atoms with E-state index >= 15 is 0 Å². The van der Waals surface area contributed by atoms with Gasteiger partial charge in [0.25, 0.3) is 0 Å². The molecule has 0 aliphatic rings. The van der Waals surface area contributed by atoms with Crippen molar-refractivity contribution < 1.29 is 4.74 Å². The second-order valence-corrected chi connectivity index (χ2v) is 5.10. The summed E-state index contributed by atoms with van der Waals surface area (Å²) in [5.41, 5.74) is 1.96. The van der Waals surface area contributed by atoms with Gasteiger partial charge in [0.05, 0.1) is 17.6 Å². The summed E-state index contributed by atoms with van der Waals surface area (Å²) in [4.78, 5) is 4.36. The molecule has 0 amide bonds. The minimum Gasteiger partial charge on any atom is -0.486 e. The second-order valence-electron chi connectivity index (χ2n) is 5.10. The van der Waals surface area contributed by atoms with Crippen LogP contribution in [0.5, 0.6) is 5.75 Å². The van der Waals surface area contributed by atoms with Crippen LogP contribution in [0.4, 0.5) is 0 Å². The molecule has 2 rings (SSSR count). The molecule has 0 aromatic carbocycles. The maximum Gasteiger partial charge on any atom is 0.138 e. The number of rotatable bonds is 8. The van der Waals surface area contributed by atoms with Gasteiger partial charge in [0.2, 0.25) is 0 Å². The molecule has 2 heterocycles. The number of nitrogens with one attached hydrogen (secondary N) is 1. The Kier molecular flexibility index (Phi) is 5.75. The predicted octanol–water partition coefficient (Wildman–Crippen LogP) is 2.94. The van der Waals surface area contributed by atoms with E-state index in [-0.39, 0.29) is 0 Å². The second kappa shape index (κ2) is 7.78. The van der Waals surface area contributed by atoms with E-state index in [9.17, 15) is 0 Å². The third-order valence-electron chi connectivity index (χ3n) is 3.45. The van der Waals surface area contributed by atoms with Gasteiger partial charge in [-0.2, -0.15) is 5.10 Å². The number of pyridine rings is 1. The van der Waals surface area contributed by atoms with Gasteiger partial charge in [-0.3, -0.25) is 9.67 Å². The molecule has 1 unspecified atom stereocenters. The molecule has 0 spiro atoms. The molecule has 21 heavy (non-hydrogen) atoms. The summed E-state index contributed by atoms with van der Waals surface area (Å²) in [6, 6.07) is 6.35. The molecule has 2 aromatic heterocycles. The SMILES string of the molecule is CCNCc1ccc(OCc2ccn(C(C)CC)n2)cn1. The monoisotopic (exact) mass is 288 g/mol. The Balaban J connectivity index is 1.86. The summed E-state index contributed by atoms with van der Waals surface area (Å²) >= 11 is 0. The summed E-state index contributed by atoms with van der Waals surface area (Å²) in [5, 5.41) is 7.76. The smallest absolute Gasteiger partial charge is 0.138 e. The Morgan fingerprint density at radius 2 is 2.10 bits per heavy atom. The summed E-state index contributed by atoms with van der Waals surface area (Å²) in [7, 11) is 0. The van der Waals surface area contributed by atoms with Crippen LogP contribution in [0, 0.1) is 0 Å². The van der Waals surface area contributed by atoms with E-state index in [2.05, 4.69) is 36.2 Å². The number of aromatic nitrogens is 3. The lowest BCUT2D eigenvalue weighted by molar-refractivity contribution is 0.296. The fourth-order valence-corrected chi connectivity index (χ4v) is 1.90. The first-order valence-electron chi connectivity index (χ1n) is 7.55. The van der Waals surface area contributed by atoms with Gasteiger partial charge in [0.15, 0.2) is 0 Å². The van der Waals surface area contributed by atoms with E-state index in [1.165, 1.54) is 0 Å². The van der Waals surface area contributed by atoms with Gasteiger partial charge in [0.1, 0.15) is 12.4 Å². The average molecular weight is 288 g/mol. The summed E-state index contributed by atoms with van der Waals surface area (Å²) in [6.07, 6.45) is 4.84. The lowest BCUT2D eigenvalue weighted by Gasteiger charge is -2.08. The Hall–Kier alpha value is -1.88. The van der Waals surface area contributed by atoms with Crippen LogP contribution >= 0.6 is 0 Å². The fraction of sp³-hybridized carbons (Fsp3) is 0.500. The van der Waals surface area contributed by atoms with Crippen molar-refractivity contribution in [1.82, 2.24) is 20.1 Å². The fourth-order valence-electron chi connectivity index (χ4n) is 1.90. The molecule has 5 heteroatoms.